The Kier molecular flexibility index (Phi) is 14.6. The fourth-order valence-corrected chi connectivity index (χ4v) is 2.82. The molecule has 0 aromatic heterocycles. The van der Waals surface area contributed by atoms with E-state index in [-0.39, 0.29) is 12.5 Å². The van der Waals surface area contributed by atoms with Crippen LogP contribution in [0.5, 0.6) is 0 Å². The van der Waals surface area contributed by atoms with Crippen molar-refractivity contribution in [3.63, 3.8) is 0 Å². The van der Waals surface area contributed by atoms with E-state index in [0.717, 1.165) is 25.7 Å². The minimum Gasteiger partial charge on any atom is -0.395 e. The first-order chi connectivity index (χ1) is 12.5. The SMILES string of the molecule is [2H]C([2H])([2H])CCCCCCCCCCCCCCCCC(=O)NCCO. The summed E-state index contributed by atoms with van der Waals surface area (Å²) < 4.78 is 21.5. The molecule has 23 heavy (non-hydrogen) atoms. The molecule has 0 atom stereocenters. The van der Waals surface area contributed by atoms with Crippen LogP contribution in [0.1, 0.15) is 114 Å². The summed E-state index contributed by atoms with van der Waals surface area (Å²) in [6.45, 7) is -1.36. The third-order valence-corrected chi connectivity index (χ3v) is 4.26. The van der Waals surface area contributed by atoms with Gasteiger partial charge in [-0.2, -0.15) is 0 Å². The maximum atomic E-state index is 11.3. The number of nitrogens with one attached hydrogen (secondary N) is 1. The van der Waals surface area contributed by atoms with E-state index in [1.165, 1.54) is 64.2 Å². The number of amides is 1. The van der Waals surface area contributed by atoms with Crippen molar-refractivity contribution < 1.29 is 14.0 Å². The molecule has 0 heterocycles. The van der Waals surface area contributed by atoms with Crippen LogP contribution in [0.25, 0.3) is 0 Å². The van der Waals surface area contributed by atoms with Crippen molar-refractivity contribution >= 4 is 5.91 Å². The molecule has 0 unspecified atom stereocenters. The van der Waals surface area contributed by atoms with Crippen LogP contribution in [0.2, 0.25) is 0 Å². The van der Waals surface area contributed by atoms with Gasteiger partial charge in [-0.25, -0.2) is 0 Å². The Hall–Kier alpha value is -0.570. The van der Waals surface area contributed by atoms with E-state index in [1.54, 1.807) is 0 Å². The first kappa shape index (κ1) is 17.3. The minimum atomic E-state index is -1.74. The lowest BCUT2D eigenvalue weighted by atomic mass is 10.0. The van der Waals surface area contributed by atoms with E-state index in [1.807, 2.05) is 0 Å². The van der Waals surface area contributed by atoms with Crippen LogP contribution in [0.3, 0.4) is 0 Å². The van der Waals surface area contributed by atoms with Gasteiger partial charge in [-0.15, -0.1) is 0 Å². The van der Waals surface area contributed by atoms with Crippen molar-refractivity contribution in [2.45, 2.75) is 110 Å². The van der Waals surface area contributed by atoms with Gasteiger partial charge in [0.15, 0.2) is 0 Å². The largest absolute Gasteiger partial charge is 0.395 e. The van der Waals surface area contributed by atoms with E-state index in [0.29, 0.717) is 19.4 Å². The average molecular weight is 331 g/mol. The van der Waals surface area contributed by atoms with Gasteiger partial charge >= 0.3 is 0 Å². The number of carbonyl (C=O) groups excluding carboxylic acids is 1. The van der Waals surface area contributed by atoms with Crippen molar-refractivity contribution in [1.82, 2.24) is 5.32 Å². The van der Waals surface area contributed by atoms with Gasteiger partial charge in [0.1, 0.15) is 0 Å². The predicted molar refractivity (Wildman–Crippen MR) is 99.6 cm³/mol. The smallest absolute Gasteiger partial charge is 0.220 e. The number of unbranched alkanes of at least 4 members (excludes halogenated alkanes) is 13. The van der Waals surface area contributed by atoms with Gasteiger partial charge in [0.05, 0.1) is 6.61 Å². The second kappa shape index (κ2) is 19.5. The summed E-state index contributed by atoms with van der Waals surface area (Å²) in [7, 11) is 0. The first-order valence-electron chi connectivity index (χ1n) is 11.3. The monoisotopic (exact) mass is 330 g/mol. The molecular formula is C20H41NO2. The number of hydrogen-bond donors (Lipinski definition) is 2. The summed E-state index contributed by atoms with van der Waals surface area (Å²) in [5.74, 6) is 0.0522. The molecule has 0 radical (unpaired) electrons. The number of rotatable bonds is 18. The molecule has 1 amide bonds. The van der Waals surface area contributed by atoms with Crippen LogP contribution in [0, 0.1) is 0 Å². The van der Waals surface area contributed by atoms with Crippen LogP contribution >= 0.6 is 0 Å². The molecule has 138 valence electrons. The van der Waals surface area contributed by atoms with Crippen LogP contribution in [-0.4, -0.2) is 24.2 Å². The lowest BCUT2D eigenvalue weighted by Crippen LogP contribution is -2.25. The molecule has 0 aliphatic rings. The lowest BCUT2D eigenvalue weighted by molar-refractivity contribution is -0.121. The Morgan fingerprint density at radius 3 is 1.65 bits per heavy atom. The molecule has 0 aromatic rings. The summed E-state index contributed by atoms with van der Waals surface area (Å²) >= 11 is 0. The van der Waals surface area contributed by atoms with Gasteiger partial charge in [-0.05, 0) is 6.42 Å². The molecular weight excluding hydrogens is 286 g/mol. The Morgan fingerprint density at radius 1 is 0.783 bits per heavy atom. The molecule has 0 spiro atoms. The zero-order valence-corrected chi connectivity index (χ0v) is 15.1. The average Bonchev–Trinajstić information content (AvgIpc) is 2.58. The fraction of sp³-hybridized carbons (Fsp3) is 0.950. The Morgan fingerprint density at radius 2 is 1.22 bits per heavy atom. The van der Waals surface area contributed by atoms with Crippen molar-refractivity contribution in [2.24, 2.45) is 0 Å². The lowest BCUT2D eigenvalue weighted by Gasteiger charge is -2.04. The highest BCUT2D eigenvalue weighted by Crippen LogP contribution is 2.13. The number of carbonyl (C=O) groups is 1. The van der Waals surface area contributed by atoms with E-state index in [2.05, 4.69) is 5.32 Å². The Labute approximate surface area is 148 Å². The summed E-state index contributed by atoms with van der Waals surface area (Å²) in [6, 6.07) is 0. The topological polar surface area (TPSA) is 49.3 Å². The van der Waals surface area contributed by atoms with E-state index in [9.17, 15) is 4.79 Å². The normalized spacial score (nSPS) is 13.3. The van der Waals surface area contributed by atoms with Crippen molar-refractivity contribution in [1.29, 1.82) is 0 Å². The van der Waals surface area contributed by atoms with E-state index < -0.39 is 6.85 Å². The molecule has 0 aromatic carbocycles. The Bertz CT molecular complexity index is 323. The zero-order valence-electron chi connectivity index (χ0n) is 18.1. The van der Waals surface area contributed by atoms with Crippen LogP contribution < -0.4 is 5.32 Å². The molecule has 0 saturated carbocycles. The van der Waals surface area contributed by atoms with Crippen LogP contribution in [0.4, 0.5) is 0 Å². The maximum absolute atomic E-state index is 11.3. The van der Waals surface area contributed by atoms with Crippen molar-refractivity contribution in [2.75, 3.05) is 13.2 Å². The second-order valence-corrected chi connectivity index (χ2v) is 6.52. The molecule has 0 bridgehead atoms. The molecule has 0 saturated heterocycles. The van der Waals surface area contributed by atoms with Gasteiger partial charge in [0.25, 0.3) is 0 Å². The van der Waals surface area contributed by atoms with Gasteiger partial charge in [0, 0.05) is 17.1 Å². The molecule has 0 aliphatic heterocycles. The highest BCUT2D eigenvalue weighted by Gasteiger charge is 1.99. The number of aliphatic hydroxyl groups excluding tert-OH is 1. The first-order valence-corrected chi connectivity index (χ1v) is 9.83. The van der Waals surface area contributed by atoms with Gasteiger partial charge < -0.3 is 10.4 Å². The van der Waals surface area contributed by atoms with E-state index >= 15 is 0 Å². The van der Waals surface area contributed by atoms with Crippen LogP contribution in [0.15, 0.2) is 0 Å². The molecule has 0 rings (SSSR count). The number of hydrogen-bond acceptors (Lipinski definition) is 2. The second-order valence-electron chi connectivity index (χ2n) is 6.52. The van der Waals surface area contributed by atoms with E-state index in [4.69, 9.17) is 9.22 Å². The molecule has 3 nitrogen and oxygen atoms in total. The highest BCUT2D eigenvalue weighted by atomic mass is 16.3. The number of aliphatic hydroxyl groups is 1. The molecule has 2 N–H and O–H groups in total. The summed E-state index contributed by atoms with van der Waals surface area (Å²) in [5.41, 5.74) is 0. The quantitative estimate of drug-likeness (QED) is 0.332. The highest BCUT2D eigenvalue weighted by molar-refractivity contribution is 5.75. The van der Waals surface area contributed by atoms with Gasteiger partial charge in [-0.1, -0.05) is 96.7 Å². The van der Waals surface area contributed by atoms with Gasteiger partial charge in [-0.3, -0.25) is 4.79 Å². The van der Waals surface area contributed by atoms with Crippen molar-refractivity contribution in [3.8, 4) is 0 Å². The zero-order chi connectivity index (χ0) is 19.5. The third kappa shape index (κ3) is 19.4. The standard InChI is InChI=1S/C20H41NO2/c1-2-3-4-5-6-7-8-9-10-11-12-13-14-15-16-17-20(23)21-18-19-22/h22H,2-19H2,1H3,(H,21,23)/i1D3. The molecule has 0 aliphatic carbocycles. The van der Waals surface area contributed by atoms with Crippen LogP contribution in [-0.2, 0) is 4.79 Å². The van der Waals surface area contributed by atoms with Gasteiger partial charge in [0.2, 0.25) is 5.91 Å². The third-order valence-electron chi connectivity index (χ3n) is 4.26. The minimum absolute atomic E-state index is 0.0123. The predicted octanol–water partition coefficient (Wildman–Crippen LogP) is 5.36. The summed E-state index contributed by atoms with van der Waals surface area (Å²) in [5, 5.41) is 11.3. The molecule has 0 fully saturated rings. The fourth-order valence-electron chi connectivity index (χ4n) is 2.82. The van der Waals surface area contributed by atoms with Crippen molar-refractivity contribution in [3.05, 3.63) is 0 Å². The molecule has 3 heteroatoms. The maximum Gasteiger partial charge on any atom is 0.220 e. The summed E-state index contributed by atoms with van der Waals surface area (Å²) in [4.78, 5) is 11.3. The summed E-state index contributed by atoms with van der Waals surface area (Å²) in [6.07, 6.45) is 17.6. The Balaban J connectivity index is 3.10.